The standard InChI is InChI=1S/C10H23NOS/c1-3-10(4-2)11(7-8-12)6-5-9-13/h10,12-13H,3-9H2,1-2H3. The number of nitrogens with zero attached hydrogens (tertiary/aromatic N) is 1. The Hall–Kier alpha value is 0.270. The fourth-order valence-electron chi connectivity index (χ4n) is 1.68. The molecule has 0 saturated carbocycles. The van der Waals surface area contributed by atoms with Gasteiger partial charge in [0.15, 0.2) is 0 Å². The molecule has 0 aliphatic rings. The molecule has 1 N–H and O–H groups in total. The van der Waals surface area contributed by atoms with E-state index in [0.29, 0.717) is 6.04 Å². The van der Waals surface area contributed by atoms with Gasteiger partial charge in [0.25, 0.3) is 0 Å². The minimum Gasteiger partial charge on any atom is -0.395 e. The molecule has 0 rings (SSSR count). The van der Waals surface area contributed by atoms with E-state index in [-0.39, 0.29) is 6.61 Å². The van der Waals surface area contributed by atoms with Gasteiger partial charge in [-0.25, -0.2) is 0 Å². The molecule has 0 aliphatic carbocycles. The third-order valence-electron chi connectivity index (χ3n) is 2.45. The van der Waals surface area contributed by atoms with Crippen molar-refractivity contribution in [3.05, 3.63) is 0 Å². The second kappa shape index (κ2) is 8.85. The lowest BCUT2D eigenvalue weighted by molar-refractivity contribution is 0.144. The van der Waals surface area contributed by atoms with Crippen molar-refractivity contribution >= 4 is 12.6 Å². The highest BCUT2D eigenvalue weighted by Crippen LogP contribution is 2.08. The molecule has 13 heavy (non-hydrogen) atoms. The van der Waals surface area contributed by atoms with Gasteiger partial charge in [0.05, 0.1) is 6.61 Å². The van der Waals surface area contributed by atoms with Crippen LogP contribution >= 0.6 is 12.6 Å². The lowest BCUT2D eigenvalue weighted by Crippen LogP contribution is -2.37. The van der Waals surface area contributed by atoms with Crippen LogP contribution in [0, 0.1) is 0 Å². The predicted molar refractivity (Wildman–Crippen MR) is 61.5 cm³/mol. The molecular weight excluding hydrogens is 182 g/mol. The molecule has 0 atom stereocenters. The lowest BCUT2D eigenvalue weighted by Gasteiger charge is -2.29. The summed E-state index contributed by atoms with van der Waals surface area (Å²) in [6, 6.07) is 0.632. The molecule has 0 aliphatic heterocycles. The first-order valence-corrected chi connectivity index (χ1v) is 5.89. The van der Waals surface area contributed by atoms with Crippen molar-refractivity contribution in [3.63, 3.8) is 0 Å². The Bertz CT molecular complexity index is 107. The second-order valence-corrected chi connectivity index (χ2v) is 3.75. The third-order valence-corrected chi connectivity index (χ3v) is 2.77. The summed E-state index contributed by atoms with van der Waals surface area (Å²) in [6.45, 7) is 6.55. The Morgan fingerprint density at radius 1 is 1.23 bits per heavy atom. The molecule has 0 aromatic carbocycles. The minimum absolute atomic E-state index is 0.267. The van der Waals surface area contributed by atoms with Crippen molar-refractivity contribution in [1.82, 2.24) is 4.90 Å². The van der Waals surface area contributed by atoms with Gasteiger partial charge >= 0.3 is 0 Å². The zero-order valence-corrected chi connectivity index (χ0v) is 9.76. The molecule has 0 saturated heterocycles. The zero-order valence-electron chi connectivity index (χ0n) is 8.87. The van der Waals surface area contributed by atoms with E-state index in [1.54, 1.807) is 0 Å². The zero-order chi connectivity index (χ0) is 10.1. The monoisotopic (exact) mass is 205 g/mol. The minimum atomic E-state index is 0.267. The Balaban J connectivity index is 3.88. The number of hydrogen-bond donors (Lipinski definition) is 2. The molecule has 0 unspecified atom stereocenters. The van der Waals surface area contributed by atoms with Crippen molar-refractivity contribution in [2.24, 2.45) is 0 Å². The van der Waals surface area contributed by atoms with Crippen LogP contribution in [0.3, 0.4) is 0 Å². The van der Waals surface area contributed by atoms with Crippen molar-refractivity contribution < 1.29 is 5.11 Å². The van der Waals surface area contributed by atoms with E-state index in [4.69, 9.17) is 5.11 Å². The van der Waals surface area contributed by atoms with Crippen molar-refractivity contribution in [2.75, 3.05) is 25.4 Å². The van der Waals surface area contributed by atoms with Gasteiger partial charge in [0, 0.05) is 12.6 Å². The molecular formula is C10H23NOS. The van der Waals surface area contributed by atoms with E-state index < -0.39 is 0 Å². The number of aliphatic hydroxyl groups is 1. The van der Waals surface area contributed by atoms with E-state index in [2.05, 4.69) is 31.4 Å². The van der Waals surface area contributed by atoms with Crippen LogP contribution in [0.4, 0.5) is 0 Å². The average Bonchev–Trinajstić information content (AvgIpc) is 2.16. The molecule has 0 spiro atoms. The normalized spacial score (nSPS) is 11.5. The van der Waals surface area contributed by atoms with Crippen LogP contribution in [-0.2, 0) is 0 Å². The number of hydrogen-bond acceptors (Lipinski definition) is 3. The molecule has 80 valence electrons. The summed E-state index contributed by atoms with van der Waals surface area (Å²) in [5.41, 5.74) is 0. The first kappa shape index (κ1) is 13.3. The Kier molecular flexibility index (Phi) is 9.03. The van der Waals surface area contributed by atoms with Gasteiger partial charge < -0.3 is 5.11 Å². The molecule has 3 heteroatoms. The quantitative estimate of drug-likeness (QED) is 0.590. The summed E-state index contributed by atoms with van der Waals surface area (Å²) in [6.07, 6.45) is 3.45. The fourth-order valence-corrected chi connectivity index (χ4v) is 1.83. The Labute approximate surface area is 87.7 Å². The fraction of sp³-hybridized carbons (Fsp3) is 1.00. The molecule has 0 amide bonds. The Morgan fingerprint density at radius 3 is 2.23 bits per heavy atom. The van der Waals surface area contributed by atoms with E-state index in [1.807, 2.05) is 0 Å². The van der Waals surface area contributed by atoms with Crippen molar-refractivity contribution in [1.29, 1.82) is 0 Å². The molecule has 0 aromatic heterocycles. The Morgan fingerprint density at radius 2 is 1.85 bits per heavy atom. The van der Waals surface area contributed by atoms with Crippen LogP contribution in [-0.4, -0.2) is 41.5 Å². The van der Waals surface area contributed by atoms with Crippen LogP contribution in [0.15, 0.2) is 0 Å². The third kappa shape index (κ3) is 5.55. The highest BCUT2D eigenvalue weighted by molar-refractivity contribution is 7.80. The lowest BCUT2D eigenvalue weighted by atomic mass is 10.1. The van der Waals surface area contributed by atoms with Crippen LogP contribution in [0.2, 0.25) is 0 Å². The van der Waals surface area contributed by atoms with Gasteiger partial charge in [-0.3, -0.25) is 4.90 Å². The molecule has 0 bridgehead atoms. The number of rotatable bonds is 8. The molecule has 0 aromatic rings. The summed E-state index contributed by atoms with van der Waals surface area (Å²) in [5.74, 6) is 0.933. The predicted octanol–water partition coefficient (Wildman–Crippen LogP) is 1.79. The van der Waals surface area contributed by atoms with E-state index >= 15 is 0 Å². The van der Waals surface area contributed by atoms with Gasteiger partial charge in [-0.2, -0.15) is 12.6 Å². The molecule has 0 heterocycles. The van der Waals surface area contributed by atoms with Crippen LogP contribution in [0.25, 0.3) is 0 Å². The largest absolute Gasteiger partial charge is 0.395 e. The summed E-state index contributed by atoms with van der Waals surface area (Å²) < 4.78 is 0. The van der Waals surface area contributed by atoms with E-state index in [9.17, 15) is 0 Å². The highest BCUT2D eigenvalue weighted by atomic mass is 32.1. The molecule has 0 fully saturated rings. The van der Waals surface area contributed by atoms with Crippen molar-refractivity contribution in [2.45, 2.75) is 39.2 Å². The molecule has 2 nitrogen and oxygen atoms in total. The number of aliphatic hydroxyl groups excluding tert-OH is 1. The van der Waals surface area contributed by atoms with Gasteiger partial charge in [0.2, 0.25) is 0 Å². The maximum atomic E-state index is 8.92. The maximum Gasteiger partial charge on any atom is 0.0558 e. The van der Waals surface area contributed by atoms with Crippen LogP contribution in [0.5, 0.6) is 0 Å². The van der Waals surface area contributed by atoms with Gasteiger partial charge in [-0.15, -0.1) is 0 Å². The highest BCUT2D eigenvalue weighted by Gasteiger charge is 2.13. The topological polar surface area (TPSA) is 23.5 Å². The summed E-state index contributed by atoms with van der Waals surface area (Å²) in [5, 5.41) is 8.92. The van der Waals surface area contributed by atoms with Gasteiger partial charge in [-0.05, 0) is 31.6 Å². The van der Waals surface area contributed by atoms with E-state index in [1.165, 1.54) is 12.8 Å². The average molecular weight is 205 g/mol. The SMILES string of the molecule is CCC(CC)N(CCO)CCCS. The first-order valence-electron chi connectivity index (χ1n) is 5.25. The second-order valence-electron chi connectivity index (χ2n) is 3.31. The molecule has 0 radical (unpaired) electrons. The van der Waals surface area contributed by atoms with Gasteiger partial charge in [-0.1, -0.05) is 13.8 Å². The van der Waals surface area contributed by atoms with E-state index in [0.717, 1.165) is 25.3 Å². The van der Waals surface area contributed by atoms with Crippen LogP contribution in [0.1, 0.15) is 33.1 Å². The summed E-state index contributed by atoms with van der Waals surface area (Å²) in [4.78, 5) is 2.37. The maximum absolute atomic E-state index is 8.92. The smallest absolute Gasteiger partial charge is 0.0558 e. The van der Waals surface area contributed by atoms with Gasteiger partial charge in [0.1, 0.15) is 0 Å². The van der Waals surface area contributed by atoms with Crippen molar-refractivity contribution in [3.8, 4) is 0 Å². The summed E-state index contributed by atoms with van der Waals surface area (Å²) in [7, 11) is 0. The number of thiol groups is 1. The van der Waals surface area contributed by atoms with Crippen LogP contribution < -0.4 is 0 Å². The summed E-state index contributed by atoms with van der Waals surface area (Å²) >= 11 is 4.20. The first-order chi connectivity index (χ1) is 6.29.